The average molecular weight is 230 g/mol. The molecule has 1 aliphatic heterocycles. The van der Waals surface area contributed by atoms with Crippen molar-refractivity contribution < 1.29 is 0 Å². The summed E-state index contributed by atoms with van der Waals surface area (Å²) in [5, 5.41) is 7.31. The number of hydrogen-bond acceptors (Lipinski definition) is 2. The molecule has 2 heteroatoms. The van der Waals surface area contributed by atoms with Gasteiger partial charge < -0.3 is 10.6 Å². The SMILES string of the molecule is CC(C)CN[C@H]1c2ccccc2[C@@H]2CNC[C@@H]21. The molecule has 1 aromatic rings. The Labute approximate surface area is 104 Å². The van der Waals surface area contributed by atoms with Crippen molar-refractivity contribution >= 4 is 0 Å². The van der Waals surface area contributed by atoms with E-state index in [9.17, 15) is 0 Å². The summed E-state index contributed by atoms with van der Waals surface area (Å²) in [5.41, 5.74) is 3.12. The number of rotatable bonds is 3. The van der Waals surface area contributed by atoms with E-state index in [4.69, 9.17) is 0 Å². The molecule has 1 saturated heterocycles. The Morgan fingerprint density at radius 2 is 2.00 bits per heavy atom. The van der Waals surface area contributed by atoms with Crippen LogP contribution in [0.5, 0.6) is 0 Å². The molecule has 0 saturated carbocycles. The first-order chi connectivity index (χ1) is 8.27. The predicted molar refractivity (Wildman–Crippen MR) is 71.1 cm³/mol. The van der Waals surface area contributed by atoms with E-state index >= 15 is 0 Å². The lowest BCUT2D eigenvalue weighted by Crippen LogP contribution is -2.30. The first kappa shape index (κ1) is 11.2. The van der Waals surface area contributed by atoms with Crippen molar-refractivity contribution in [2.75, 3.05) is 19.6 Å². The van der Waals surface area contributed by atoms with Crippen molar-refractivity contribution in [2.24, 2.45) is 11.8 Å². The quantitative estimate of drug-likeness (QED) is 0.832. The summed E-state index contributed by atoms with van der Waals surface area (Å²) in [6, 6.07) is 9.55. The van der Waals surface area contributed by atoms with Crippen LogP contribution in [0.25, 0.3) is 0 Å². The van der Waals surface area contributed by atoms with Crippen LogP contribution in [0, 0.1) is 11.8 Å². The second-order valence-electron chi connectivity index (χ2n) is 5.84. The summed E-state index contributed by atoms with van der Waals surface area (Å²) in [7, 11) is 0. The number of benzene rings is 1. The molecule has 1 fully saturated rings. The molecule has 0 spiro atoms. The highest BCUT2D eigenvalue weighted by molar-refractivity contribution is 5.41. The van der Waals surface area contributed by atoms with E-state index in [1.807, 2.05) is 0 Å². The minimum atomic E-state index is 0.564. The molecule has 3 rings (SSSR count). The van der Waals surface area contributed by atoms with E-state index in [2.05, 4.69) is 48.7 Å². The van der Waals surface area contributed by atoms with E-state index in [0.29, 0.717) is 6.04 Å². The molecule has 3 atom stereocenters. The fourth-order valence-corrected chi connectivity index (χ4v) is 3.38. The molecule has 1 aliphatic carbocycles. The third-order valence-electron chi connectivity index (χ3n) is 4.17. The molecule has 2 aliphatic rings. The Bertz CT molecular complexity index is 400. The molecule has 0 aromatic heterocycles. The normalized spacial score (nSPS) is 30.6. The standard InChI is InChI=1S/C15H22N2/c1-10(2)7-17-15-12-6-4-3-5-11(12)13-8-16-9-14(13)15/h3-6,10,13-17H,7-9H2,1-2H3/t13-,14-,15-/m0/s1. The molecular formula is C15H22N2. The van der Waals surface area contributed by atoms with Gasteiger partial charge in [-0.1, -0.05) is 38.1 Å². The Morgan fingerprint density at radius 1 is 1.24 bits per heavy atom. The summed E-state index contributed by atoms with van der Waals surface area (Å²) < 4.78 is 0. The van der Waals surface area contributed by atoms with E-state index < -0.39 is 0 Å². The zero-order chi connectivity index (χ0) is 11.8. The van der Waals surface area contributed by atoms with E-state index in [-0.39, 0.29) is 0 Å². The van der Waals surface area contributed by atoms with Gasteiger partial charge in [-0.3, -0.25) is 0 Å². The molecule has 0 bridgehead atoms. The topological polar surface area (TPSA) is 24.1 Å². The van der Waals surface area contributed by atoms with Gasteiger partial charge in [-0.25, -0.2) is 0 Å². The maximum Gasteiger partial charge on any atom is 0.0370 e. The Hall–Kier alpha value is -0.860. The van der Waals surface area contributed by atoms with Crippen LogP contribution < -0.4 is 10.6 Å². The van der Waals surface area contributed by atoms with E-state index in [0.717, 1.165) is 37.4 Å². The molecule has 2 nitrogen and oxygen atoms in total. The zero-order valence-electron chi connectivity index (χ0n) is 10.7. The van der Waals surface area contributed by atoms with Crippen LogP contribution in [0.2, 0.25) is 0 Å². The highest BCUT2D eigenvalue weighted by Crippen LogP contribution is 2.46. The molecule has 17 heavy (non-hydrogen) atoms. The Morgan fingerprint density at radius 3 is 2.76 bits per heavy atom. The van der Waals surface area contributed by atoms with Crippen LogP contribution in [0.1, 0.15) is 36.9 Å². The van der Waals surface area contributed by atoms with Crippen molar-refractivity contribution in [3.63, 3.8) is 0 Å². The summed E-state index contributed by atoms with van der Waals surface area (Å²) in [6.07, 6.45) is 0. The van der Waals surface area contributed by atoms with Gasteiger partial charge in [0.15, 0.2) is 0 Å². The monoisotopic (exact) mass is 230 g/mol. The van der Waals surface area contributed by atoms with E-state index in [1.54, 1.807) is 11.1 Å². The van der Waals surface area contributed by atoms with Gasteiger partial charge in [0.25, 0.3) is 0 Å². The predicted octanol–water partition coefficient (Wildman–Crippen LogP) is 2.29. The fourth-order valence-electron chi connectivity index (χ4n) is 3.38. The van der Waals surface area contributed by atoms with Gasteiger partial charge >= 0.3 is 0 Å². The molecule has 0 radical (unpaired) electrons. The maximum absolute atomic E-state index is 3.77. The lowest BCUT2D eigenvalue weighted by molar-refractivity contribution is 0.372. The lowest BCUT2D eigenvalue weighted by Gasteiger charge is -2.21. The first-order valence-electron chi connectivity index (χ1n) is 6.80. The van der Waals surface area contributed by atoms with Crippen LogP contribution in [-0.2, 0) is 0 Å². The van der Waals surface area contributed by atoms with Gasteiger partial charge in [-0.2, -0.15) is 0 Å². The van der Waals surface area contributed by atoms with Crippen LogP contribution in [0.15, 0.2) is 24.3 Å². The summed E-state index contributed by atoms with van der Waals surface area (Å²) in [5.74, 6) is 2.21. The summed E-state index contributed by atoms with van der Waals surface area (Å²) in [4.78, 5) is 0. The van der Waals surface area contributed by atoms with Crippen molar-refractivity contribution in [3.8, 4) is 0 Å². The van der Waals surface area contributed by atoms with Crippen molar-refractivity contribution in [1.82, 2.24) is 10.6 Å². The van der Waals surface area contributed by atoms with Crippen molar-refractivity contribution in [3.05, 3.63) is 35.4 Å². The molecule has 92 valence electrons. The summed E-state index contributed by atoms with van der Waals surface area (Å²) in [6.45, 7) is 7.98. The zero-order valence-corrected chi connectivity index (χ0v) is 10.7. The molecule has 0 unspecified atom stereocenters. The molecule has 1 heterocycles. The summed E-state index contributed by atoms with van der Waals surface area (Å²) >= 11 is 0. The minimum Gasteiger partial charge on any atom is -0.316 e. The number of fused-ring (bicyclic) bond motifs is 3. The fraction of sp³-hybridized carbons (Fsp3) is 0.600. The van der Waals surface area contributed by atoms with Gasteiger partial charge in [0.05, 0.1) is 0 Å². The molecule has 2 N–H and O–H groups in total. The van der Waals surface area contributed by atoms with Crippen LogP contribution in [0.3, 0.4) is 0 Å². The van der Waals surface area contributed by atoms with Gasteiger partial charge in [0.2, 0.25) is 0 Å². The highest BCUT2D eigenvalue weighted by atomic mass is 15.0. The van der Waals surface area contributed by atoms with Gasteiger partial charge in [0.1, 0.15) is 0 Å². The lowest BCUT2D eigenvalue weighted by atomic mass is 9.94. The highest BCUT2D eigenvalue weighted by Gasteiger charge is 2.42. The van der Waals surface area contributed by atoms with Gasteiger partial charge in [0, 0.05) is 25.0 Å². The van der Waals surface area contributed by atoms with E-state index in [1.165, 1.54) is 0 Å². The van der Waals surface area contributed by atoms with Crippen molar-refractivity contribution in [2.45, 2.75) is 25.8 Å². The minimum absolute atomic E-state index is 0.564. The molecule has 0 amide bonds. The smallest absolute Gasteiger partial charge is 0.0370 e. The average Bonchev–Trinajstić information content (AvgIpc) is 2.87. The Balaban J connectivity index is 1.87. The largest absolute Gasteiger partial charge is 0.316 e. The molecule has 1 aromatic carbocycles. The second-order valence-corrected chi connectivity index (χ2v) is 5.84. The van der Waals surface area contributed by atoms with Crippen LogP contribution in [-0.4, -0.2) is 19.6 Å². The van der Waals surface area contributed by atoms with Crippen LogP contribution in [0.4, 0.5) is 0 Å². The number of hydrogen-bond donors (Lipinski definition) is 2. The second kappa shape index (κ2) is 4.43. The maximum atomic E-state index is 3.77. The van der Waals surface area contributed by atoms with Crippen LogP contribution >= 0.6 is 0 Å². The van der Waals surface area contributed by atoms with Crippen molar-refractivity contribution in [1.29, 1.82) is 0 Å². The third kappa shape index (κ3) is 1.90. The Kier molecular flexibility index (Phi) is 2.93. The number of nitrogens with one attached hydrogen (secondary N) is 2. The van der Waals surface area contributed by atoms with Gasteiger partial charge in [-0.15, -0.1) is 0 Å². The first-order valence-corrected chi connectivity index (χ1v) is 6.80. The molecular weight excluding hydrogens is 208 g/mol. The van der Waals surface area contributed by atoms with Gasteiger partial charge in [-0.05, 0) is 29.5 Å². The third-order valence-corrected chi connectivity index (χ3v) is 4.17.